The fraction of sp³-hybridized carbons (Fsp3) is 0.308. The maximum absolute atomic E-state index is 12.8. The van der Waals surface area contributed by atoms with Crippen molar-refractivity contribution in [1.82, 2.24) is 4.98 Å². The van der Waals surface area contributed by atoms with Crippen molar-refractivity contribution in [2.24, 2.45) is 0 Å². The molecule has 0 saturated heterocycles. The van der Waals surface area contributed by atoms with E-state index in [0.29, 0.717) is 5.76 Å². The molecule has 0 aliphatic carbocycles. The lowest BCUT2D eigenvalue weighted by atomic mass is 10.1. The Balaban J connectivity index is 3.66. The summed E-state index contributed by atoms with van der Waals surface area (Å²) in [6.45, 7) is 6.14. The Morgan fingerprint density at radius 1 is 1.42 bits per heavy atom. The summed E-state index contributed by atoms with van der Waals surface area (Å²) in [7, 11) is 1.41. The monoisotopic (exact) mass is 273 g/mol. The molecule has 0 bridgehead atoms. The molecule has 0 saturated carbocycles. The van der Waals surface area contributed by atoms with Gasteiger partial charge in [0.15, 0.2) is 5.43 Å². The molecular formula is C13H14F3NO2. The normalized spacial score (nSPS) is 12.4. The molecule has 3 nitrogen and oxygen atoms in total. The first-order valence-corrected chi connectivity index (χ1v) is 5.41. The summed E-state index contributed by atoms with van der Waals surface area (Å²) in [5, 5.41) is 0. The van der Waals surface area contributed by atoms with E-state index in [1.165, 1.54) is 19.3 Å². The van der Waals surface area contributed by atoms with Crippen molar-refractivity contribution >= 4 is 12.2 Å². The maximum atomic E-state index is 12.8. The summed E-state index contributed by atoms with van der Waals surface area (Å²) in [6, 6.07) is 0. The van der Waals surface area contributed by atoms with E-state index in [1.807, 2.05) is 0 Å². The minimum atomic E-state index is -4.61. The van der Waals surface area contributed by atoms with Crippen LogP contribution in [0.5, 0.6) is 0 Å². The Bertz CT molecular complexity index is 583. The molecule has 1 heterocycles. The average molecular weight is 273 g/mol. The molecule has 19 heavy (non-hydrogen) atoms. The van der Waals surface area contributed by atoms with Crippen LogP contribution in [0.25, 0.3) is 12.2 Å². The molecule has 104 valence electrons. The molecule has 6 heteroatoms. The third kappa shape index (κ3) is 3.07. The number of allylic oxidation sites excluding steroid dienone is 1. The van der Waals surface area contributed by atoms with Gasteiger partial charge in [-0.15, -0.1) is 0 Å². The molecule has 0 radical (unpaired) electrons. The van der Waals surface area contributed by atoms with E-state index in [4.69, 9.17) is 4.74 Å². The van der Waals surface area contributed by atoms with Crippen molar-refractivity contribution in [3.63, 3.8) is 0 Å². The zero-order valence-corrected chi connectivity index (χ0v) is 10.8. The number of ether oxygens (including phenoxy) is 1. The standard InChI is InChI=1S/C13H14F3NO2/c1-5-10-9(6-7(2)19-4)11(18)8(3)12(17-10)13(14,15)16/h5-6H,1H2,2-4H3,(H,17,18)/b7-6+. The largest absolute Gasteiger partial charge is 0.501 e. The van der Waals surface area contributed by atoms with Gasteiger partial charge in [0.2, 0.25) is 0 Å². The van der Waals surface area contributed by atoms with Crippen molar-refractivity contribution in [3.8, 4) is 0 Å². The van der Waals surface area contributed by atoms with Crippen LogP contribution >= 0.6 is 0 Å². The first-order chi connectivity index (χ1) is 8.72. The molecule has 1 N–H and O–H groups in total. The van der Waals surface area contributed by atoms with Crippen LogP contribution in [0.2, 0.25) is 0 Å². The van der Waals surface area contributed by atoms with Gasteiger partial charge in [-0.1, -0.05) is 6.58 Å². The summed E-state index contributed by atoms with van der Waals surface area (Å²) < 4.78 is 43.2. The summed E-state index contributed by atoms with van der Waals surface area (Å²) >= 11 is 0. The number of hydrogen-bond donors (Lipinski definition) is 1. The van der Waals surface area contributed by atoms with Crippen LogP contribution in [-0.2, 0) is 10.9 Å². The number of aromatic nitrogens is 1. The van der Waals surface area contributed by atoms with Crippen molar-refractivity contribution < 1.29 is 17.9 Å². The predicted octanol–water partition coefficient (Wildman–Crippen LogP) is 3.35. The van der Waals surface area contributed by atoms with Crippen LogP contribution in [0.1, 0.15) is 29.4 Å². The smallest absolute Gasteiger partial charge is 0.431 e. The Kier molecular flexibility index (Phi) is 4.24. The minimum absolute atomic E-state index is 0.0133. The van der Waals surface area contributed by atoms with Crippen LogP contribution in [0.4, 0.5) is 13.2 Å². The van der Waals surface area contributed by atoms with Crippen molar-refractivity contribution in [2.45, 2.75) is 20.0 Å². The highest BCUT2D eigenvalue weighted by molar-refractivity contribution is 5.63. The fourth-order valence-electron chi connectivity index (χ4n) is 1.58. The quantitative estimate of drug-likeness (QED) is 0.858. The molecule has 0 spiro atoms. The number of pyridine rings is 1. The highest BCUT2D eigenvalue weighted by atomic mass is 19.4. The number of H-pyrrole nitrogens is 1. The van der Waals surface area contributed by atoms with Crippen LogP contribution in [0.15, 0.2) is 17.1 Å². The van der Waals surface area contributed by atoms with Gasteiger partial charge in [0.1, 0.15) is 5.69 Å². The number of hydrogen-bond acceptors (Lipinski definition) is 2. The Morgan fingerprint density at radius 2 is 2.00 bits per heavy atom. The van der Waals surface area contributed by atoms with Crippen molar-refractivity contribution in [2.75, 3.05) is 7.11 Å². The summed E-state index contributed by atoms with van der Waals surface area (Å²) in [5.41, 5.74) is -2.02. The van der Waals surface area contributed by atoms with E-state index in [-0.39, 0.29) is 16.8 Å². The molecule has 0 fully saturated rings. The van der Waals surface area contributed by atoms with Gasteiger partial charge in [-0.05, 0) is 26.0 Å². The van der Waals surface area contributed by atoms with Gasteiger partial charge in [-0.2, -0.15) is 13.2 Å². The molecule has 1 aromatic rings. The number of alkyl halides is 3. The molecule has 0 aliphatic heterocycles. The predicted molar refractivity (Wildman–Crippen MR) is 67.6 cm³/mol. The molecular weight excluding hydrogens is 259 g/mol. The first kappa shape index (κ1) is 15.1. The molecule has 1 rings (SSSR count). The zero-order valence-electron chi connectivity index (χ0n) is 10.8. The van der Waals surface area contributed by atoms with Crippen LogP contribution in [0, 0.1) is 6.92 Å². The number of aromatic amines is 1. The number of nitrogens with one attached hydrogen (secondary N) is 1. The van der Waals surface area contributed by atoms with Gasteiger partial charge >= 0.3 is 6.18 Å². The Hall–Kier alpha value is -1.98. The third-order valence-electron chi connectivity index (χ3n) is 2.67. The minimum Gasteiger partial charge on any atom is -0.501 e. The third-order valence-corrected chi connectivity index (χ3v) is 2.67. The van der Waals surface area contributed by atoms with E-state index in [1.54, 1.807) is 6.92 Å². The summed E-state index contributed by atoms with van der Waals surface area (Å²) in [5.74, 6) is 0.410. The van der Waals surface area contributed by atoms with E-state index < -0.39 is 17.3 Å². The maximum Gasteiger partial charge on any atom is 0.431 e. The van der Waals surface area contributed by atoms with E-state index in [0.717, 1.165) is 6.92 Å². The number of rotatable bonds is 3. The van der Waals surface area contributed by atoms with Crippen LogP contribution in [-0.4, -0.2) is 12.1 Å². The number of methoxy groups -OCH3 is 1. The van der Waals surface area contributed by atoms with E-state index >= 15 is 0 Å². The Morgan fingerprint density at radius 3 is 2.42 bits per heavy atom. The molecule has 0 unspecified atom stereocenters. The second kappa shape index (κ2) is 5.34. The van der Waals surface area contributed by atoms with Gasteiger partial charge in [0.25, 0.3) is 0 Å². The first-order valence-electron chi connectivity index (χ1n) is 5.41. The topological polar surface area (TPSA) is 42.1 Å². The van der Waals surface area contributed by atoms with Crippen LogP contribution < -0.4 is 5.43 Å². The lowest BCUT2D eigenvalue weighted by Crippen LogP contribution is -2.22. The van der Waals surface area contributed by atoms with Gasteiger partial charge < -0.3 is 9.72 Å². The average Bonchev–Trinajstić information content (AvgIpc) is 2.33. The molecule has 1 aromatic heterocycles. The van der Waals surface area contributed by atoms with Crippen molar-refractivity contribution in [3.05, 3.63) is 45.1 Å². The molecule has 0 aromatic carbocycles. The lowest BCUT2D eigenvalue weighted by Gasteiger charge is -2.13. The summed E-state index contributed by atoms with van der Waals surface area (Å²) in [4.78, 5) is 14.2. The zero-order chi connectivity index (χ0) is 14.8. The lowest BCUT2D eigenvalue weighted by molar-refractivity contribution is -0.141. The molecule has 0 aliphatic rings. The van der Waals surface area contributed by atoms with Crippen molar-refractivity contribution in [1.29, 1.82) is 0 Å². The highest BCUT2D eigenvalue weighted by Crippen LogP contribution is 2.30. The molecule has 0 atom stereocenters. The fourth-order valence-corrected chi connectivity index (χ4v) is 1.58. The Labute approximate surface area is 108 Å². The van der Waals surface area contributed by atoms with Gasteiger partial charge in [0.05, 0.1) is 12.9 Å². The second-order valence-electron chi connectivity index (χ2n) is 3.94. The van der Waals surface area contributed by atoms with Gasteiger partial charge in [-0.25, -0.2) is 0 Å². The van der Waals surface area contributed by atoms with Gasteiger partial charge in [-0.3, -0.25) is 4.79 Å². The summed E-state index contributed by atoms with van der Waals surface area (Å²) in [6.07, 6.45) is -2.06. The second-order valence-corrected chi connectivity index (χ2v) is 3.94. The van der Waals surface area contributed by atoms with Gasteiger partial charge in [0, 0.05) is 16.8 Å². The molecule has 0 amide bonds. The SMILES string of the molecule is C=Cc1[nH]c(C(F)(F)F)c(C)c(=O)c1/C=C(\C)OC. The highest BCUT2D eigenvalue weighted by Gasteiger charge is 2.35. The number of halogens is 3. The van der Waals surface area contributed by atoms with Crippen LogP contribution in [0.3, 0.4) is 0 Å². The van der Waals surface area contributed by atoms with E-state index in [2.05, 4.69) is 11.6 Å². The van der Waals surface area contributed by atoms with E-state index in [9.17, 15) is 18.0 Å².